The van der Waals surface area contributed by atoms with E-state index in [0.29, 0.717) is 6.42 Å². The fraction of sp³-hybridized carbons (Fsp3) is 0.429. The summed E-state index contributed by atoms with van der Waals surface area (Å²) in [4.78, 5) is 0. The second-order valence-electron chi connectivity index (χ2n) is 4.09. The summed E-state index contributed by atoms with van der Waals surface area (Å²) in [7, 11) is 0. The number of benzene rings is 1. The molecule has 1 aromatic rings. The quantitative estimate of drug-likeness (QED) is 0.573. The van der Waals surface area contributed by atoms with Crippen LogP contribution in [0.5, 0.6) is 0 Å². The Morgan fingerprint density at radius 1 is 1.33 bits per heavy atom. The lowest BCUT2D eigenvalue weighted by Crippen LogP contribution is -2.28. The molecule has 0 aliphatic heterocycles. The topological polar surface area (TPSA) is 49.7 Å². The third kappa shape index (κ3) is 4.90. The summed E-state index contributed by atoms with van der Waals surface area (Å²) < 4.78 is 5.54. The Balaban J connectivity index is 2.42. The lowest BCUT2D eigenvalue weighted by molar-refractivity contribution is -0.0162. The van der Waals surface area contributed by atoms with Gasteiger partial charge >= 0.3 is 0 Å². The van der Waals surface area contributed by atoms with Crippen molar-refractivity contribution in [2.75, 3.05) is 13.2 Å². The number of rotatable bonds is 8. The molecule has 0 fully saturated rings. The largest absolute Gasteiger partial charge is 0.396 e. The van der Waals surface area contributed by atoms with Gasteiger partial charge in [-0.3, -0.25) is 0 Å². The molecule has 3 nitrogen and oxygen atoms in total. The van der Waals surface area contributed by atoms with Crippen LogP contribution in [0.1, 0.15) is 17.0 Å². The summed E-state index contributed by atoms with van der Waals surface area (Å²) in [6, 6.07) is 9.68. The second-order valence-corrected chi connectivity index (χ2v) is 4.93. The summed E-state index contributed by atoms with van der Waals surface area (Å²) in [5.41, 5.74) is 0.994. The number of alkyl halides is 1. The molecule has 0 saturated carbocycles. The molecule has 0 spiro atoms. The van der Waals surface area contributed by atoms with E-state index in [9.17, 15) is 5.11 Å². The van der Waals surface area contributed by atoms with Gasteiger partial charge in [0.2, 0.25) is 0 Å². The van der Waals surface area contributed by atoms with Gasteiger partial charge in [0.15, 0.2) is 0 Å². The highest BCUT2D eigenvalue weighted by molar-refractivity contribution is 9.09. The van der Waals surface area contributed by atoms with Gasteiger partial charge in [-0.15, -0.1) is 6.58 Å². The van der Waals surface area contributed by atoms with Gasteiger partial charge in [-0.25, -0.2) is 0 Å². The Hall–Kier alpha value is -0.680. The number of allylic oxidation sites excluding steroid dienone is 1. The van der Waals surface area contributed by atoms with Crippen LogP contribution in [-0.2, 0) is 4.74 Å². The van der Waals surface area contributed by atoms with Crippen LogP contribution in [0.3, 0.4) is 0 Å². The molecule has 0 saturated heterocycles. The molecule has 0 aliphatic rings. The predicted molar refractivity (Wildman–Crippen MR) is 75.5 cm³/mol. The van der Waals surface area contributed by atoms with Crippen LogP contribution in [0, 0.1) is 5.92 Å². The minimum absolute atomic E-state index is 0.0746. The van der Waals surface area contributed by atoms with Gasteiger partial charge in [-0.1, -0.05) is 52.3 Å². The molecular weight excluding hydrogens is 296 g/mol. The van der Waals surface area contributed by atoms with E-state index < -0.39 is 6.10 Å². The molecule has 0 bridgehead atoms. The molecule has 100 valence electrons. The number of halogens is 1. The van der Waals surface area contributed by atoms with E-state index in [1.807, 2.05) is 30.3 Å². The summed E-state index contributed by atoms with van der Waals surface area (Å²) in [5.74, 6) is -0.224. The highest BCUT2D eigenvalue weighted by atomic mass is 79.9. The van der Waals surface area contributed by atoms with E-state index in [-0.39, 0.29) is 24.1 Å². The van der Waals surface area contributed by atoms with Crippen molar-refractivity contribution in [3.8, 4) is 0 Å². The van der Waals surface area contributed by atoms with Crippen LogP contribution >= 0.6 is 15.9 Å². The van der Waals surface area contributed by atoms with Gasteiger partial charge in [0.1, 0.15) is 5.01 Å². The Morgan fingerprint density at radius 3 is 2.56 bits per heavy atom. The fourth-order valence-electron chi connectivity index (χ4n) is 1.59. The number of hydrogen-bond donors (Lipinski definition) is 2. The first-order valence-corrected chi connectivity index (χ1v) is 6.81. The summed E-state index contributed by atoms with van der Waals surface area (Å²) in [6.07, 6.45) is 1.56. The van der Waals surface area contributed by atoms with Crippen LogP contribution in [0.4, 0.5) is 0 Å². The van der Waals surface area contributed by atoms with E-state index >= 15 is 0 Å². The van der Waals surface area contributed by atoms with E-state index in [1.165, 1.54) is 0 Å². The molecule has 3 atom stereocenters. The van der Waals surface area contributed by atoms with Gasteiger partial charge in [-0.2, -0.15) is 0 Å². The number of ether oxygens (including phenoxy) is 1. The van der Waals surface area contributed by atoms with Crippen LogP contribution in [-0.4, -0.2) is 29.5 Å². The van der Waals surface area contributed by atoms with Gasteiger partial charge in [-0.05, 0) is 12.0 Å². The Kier molecular flexibility index (Phi) is 7.20. The Morgan fingerprint density at radius 2 is 2.00 bits per heavy atom. The second kappa shape index (κ2) is 8.43. The van der Waals surface area contributed by atoms with Crippen LogP contribution < -0.4 is 0 Å². The Labute approximate surface area is 116 Å². The summed E-state index contributed by atoms with van der Waals surface area (Å²) >= 11 is 3.41. The highest BCUT2D eigenvalue weighted by Crippen LogP contribution is 2.24. The molecular formula is C14H19BrO3. The van der Waals surface area contributed by atoms with Gasteiger partial charge in [0.25, 0.3) is 0 Å². The lowest BCUT2D eigenvalue weighted by Gasteiger charge is -2.21. The highest BCUT2D eigenvalue weighted by Gasteiger charge is 2.19. The SMILES string of the molecule is C=CC[C@H](CO)[C@H](O)COC(Br)c1ccccc1. The molecule has 1 unspecified atom stereocenters. The minimum atomic E-state index is -0.697. The molecule has 1 rings (SSSR count). The lowest BCUT2D eigenvalue weighted by atomic mass is 10.0. The third-order valence-corrected chi connectivity index (χ3v) is 3.52. The first-order chi connectivity index (χ1) is 8.69. The maximum absolute atomic E-state index is 9.88. The van der Waals surface area contributed by atoms with E-state index in [0.717, 1.165) is 5.56 Å². The average molecular weight is 315 g/mol. The number of aliphatic hydroxyl groups excluding tert-OH is 2. The fourth-order valence-corrected chi connectivity index (χ4v) is 2.04. The van der Waals surface area contributed by atoms with E-state index in [2.05, 4.69) is 22.5 Å². The average Bonchev–Trinajstić information content (AvgIpc) is 2.42. The van der Waals surface area contributed by atoms with Crippen LogP contribution in [0.2, 0.25) is 0 Å². The summed E-state index contributed by atoms with van der Waals surface area (Å²) in [5, 5.41) is 18.8. The van der Waals surface area contributed by atoms with Gasteiger partial charge in [0.05, 0.1) is 12.7 Å². The molecule has 2 N–H and O–H groups in total. The van der Waals surface area contributed by atoms with Crippen molar-refractivity contribution in [3.63, 3.8) is 0 Å². The van der Waals surface area contributed by atoms with Crippen molar-refractivity contribution >= 4 is 15.9 Å². The van der Waals surface area contributed by atoms with Gasteiger partial charge in [0, 0.05) is 12.5 Å². The zero-order chi connectivity index (χ0) is 13.4. The van der Waals surface area contributed by atoms with Crippen molar-refractivity contribution in [3.05, 3.63) is 48.6 Å². The van der Waals surface area contributed by atoms with E-state index in [1.54, 1.807) is 6.08 Å². The smallest absolute Gasteiger partial charge is 0.137 e. The van der Waals surface area contributed by atoms with Crippen LogP contribution in [0.25, 0.3) is 0 Å². The molecule has 0 amide bonds. The zero-order valence-corrected chi connectivity index (χ0v) is 11.8. The predicted octanol–water partition coefficient (Wildman–Crippen LogP) is 2.64. The molecule has 0 aliphatic carbocycles. The molecule has 18 heavy (non-hydrogen) atoms. The van der Waals surface area contributed by atoms with Crippen molar-refractivity contribution in [2.45, 2.75) is 17.5 Å². The number of aliphatic hydroxyl groups is 2. The summed E-state index contributed by atoms with van der Waals surface area (Å²) in [6.45, 7) is 3.70. The maximum atomic E-state index is 9.88. The molecule has 4 heteroatoms. The van der Waals surface area contributed by atoms with E-state index in [4.69, 9.17) is 9.84 Å². The standard InChI is InChI=1S/C14H19BrO3/c1-2-6-12(9-16)13(17)10-18-14(15)11-7-4-3-5-8-11/h2-5,7-8,12-14,16-17H,1,6,9-10H2/t12-,13-,14?/m1/s1. The molecule has 0 heterocycles. The monoisotopic (exact) mass is 314 g/mol. The normalized spacial score (nSPS) is 15.9. The van der Waals surface area contributed by atoms with Crippen molar-refractivity contribution < 1.29 is 14.9 Å². The van der Waals surface area contributed by atoms with Crippen molar-refractivity contribution in [2.24, 2.45) is 5.92 Å². The van der Waals surface area contributed by atoms with Crippen LogP contribution in [0.15, 0.2) is 43.0 Å². The molecule has 0 aromatic heterocycles. The maximum Gasteiger partial charge on any atom is 0.137 e. The number of hydrogen-bond acceptors (Lipinski definition) is 3. The Bertz CT molecular complexity index is 342. The minimum Gasteiger partial charge on any atom is -0.396 e. The van der Waals surface area contributed by atoms with Gasteiger partial charge < -0.3 is 14.9 Å². The molecule has 0 radical (unpaired) electrons. The first kappa shape index (κ1) is 15.4. The van der Waals surface area contributed by atoms with Crippen molar-refractivity contribution in [1.29, 1.82) is 0 Å². The van der Waals surface area contributed by atoms with Crippen molar-refractivity contribution in [1.82, 2.24) is 0 Å². The first-order valence-electron chi connectivity index (χ1n) is 5.89. The molecule has 1 aromatic carbocycles. The third-order valence-electron chi connectivity index (χ3n) is 2.72. The zero-order valence-electron chi connectivity index (χ0n) is 10.2.